The highest BCUT2D eigenvalue weighted by atomic mass is 19.4. The number of halogens is 3. The van der Waals surface area contributed by atoms with E-state index in [1.807, 2.05) is 6.92 Å². The fraction of sp³-hybridized carbons (Fsp3) is 0.737. The van der Waals surface area contributed by atoms with Crippen LogP contribution in [0.3, 0.4) is 0 Å². The molecule has 3 amide bonds. The van der Waals surface area contributed by atoms with Crippen LogP contribution in [-0.2, 0) is 15.7 Å². The number of fused-ring (bicyclic) bond motifs is 1. The van der Waals surface area contributed by atoms with Gasteiger partial charge in [0.2, 0.25) is 5.91 Å². The Labute approximate surface area is 172 Å². The molecule has 3 atom stereocenters. The summed E-state index contributed by atoms with van der Waals surface area (Å²) in [6.45, 7) is 4.09. The van der Waals surface area contributed by atoms with E-state index in [1.165, 1.54) is 10.9 Å². The van der Waals surface area contributed by atoms with Gasteiger partial charge in [-0.3, -0.25) is 4.79 Å². The number of nitrogens with one attached hydrogen (secondary N) is 1. The summed E-state index contributed by atoms with van der Waals surface area (Å²) in [4.78, 5) is 31.5. The van der Waals surface area contributed by atoms with Crippen molar-refractivity contribution >= 4 is 11.9 Å². The second kappa shape index (κ2) is 8.09. The molecular weight excluding hydrogens is 403 g/mol. The molecule has 0 aliphatic carbocycles. The topological polar surface area (TPSA) is 79.7 Å². The van der Waals surface area contributed by atoms with Gasteiger partial charge in [-0.15, -0.1) is 0 Å². The number of alkyl halides is 3. The quantitative estimate of drug-likeness (QED) is 0.779. The number of rotatable bonds is 2. The predicted molar refractivity (Wildman–Crippen MR) is 99.5 cm³/mol. The van der Waals surface area contributed by atoms with Gasteiger partial charge in [-0.2, -0.15) is 13.2 Å². The Bertz CT molecular complexity index is 791. The molecule has 4 rings (SSSR count). The van der Waals surface area contributed by atoms with E-state index >= 15 is 0 Å². The molecule has 0 spiro atoms. The van der Waals surface area contributed by atoms with Gasteiger partial charge in [0.15, 0.2) is 5.69 Å². The van der Waals surface area contributed by atoms with E-state index in [-0.39, 0.29) is 42.7 Å². The summed E-state index contributed by atoms with van der Waals surface area (Å²) in [7, 11) is 0. The first-order valence-electron chi connectivity index (χ1n) is 10.3. The standard InChI is InChI=1S/C19H26F3N5O3/c1-12(27-9-16(23-11-27)19(20,21)22)13-2-5-25(6-3-13)18(29)26-7-4-15-14(8-26)24-17(28)10-30-15/h9,11-15H,2-8,10H2,1H3,(H,24,28). The normalized spacial score (nSPS) is 26.9. The number of hydrogen-bond donors (Lipinski definition) is 1. The van der Waals surface area contributed by atoms with Gasteiger partial charge in [-0.1, -0.05) is 0 Å². The Balaban J connectivity index is 1.30. The van der Waals surface area contributed by atoms with Gasteiger partial charge in [0.1, 0.15) is 6.61 Å². The maximum Gasteiger partial charge on any atom is 0.434 e. The lowest BCUT2D eigenvalue weighted by Crippen LogP contribution is -2.62. The minimum atomic E-state index is -4.45. The fourth-order valence-electron chi connectivity index (χ4n) is 4.60. The highest BCUT2D eigenvalue weighted by Crippen LogP contribution is 2.32. The molecule has 8 nitrogen and oxygen atoms in total. The van der Waals surface area contributed by atoms with Crippen molar-refractivity contribution in [3.63, 3.8) is 0 Å². The molecule has 3 unspecified atom stereocenters. The van der Waals surface area contributed by atoms with Gasteiger partial charge >= 0.3 is 12.2 Å². The van der Waals surface area contributed by atoms with Gasteiger partial charge in [-0.05, 0) is 32.1 Å². The molecular formula is C19H26F3N5O3. The molecule has 0 aromatic carbocycles. The van der Waals surface area contributed by atoms with Crippen molar-refractivity contribution < 1.29 is 27.5 Å². The first-order valence-corrected chi connectivity index (χ1v) is 10.3. The molecule has 1 aromatic heterocycles. The van der Waals surface area contributed by atoms with Crippen LogP contribution in [0.2, 0.25) is 0 Å². The summed E-state index contributed by atoms with van der Waals surface area (Å²) in [5.74, 6) is 0.00892. The Morgan fingerprint density at radius 1 is 1.23 bits per heavy atom. The molecule has 0 radical (unpaired) electrons. The van der Waals surface area contributed by atoms with E-state index < -0.39 is 11.9 Å². The summed E-state index contributed by atoms with van der Waals surface area (Å²) in [5, 5.41) is 2.89. The fourth-order valence-corrected chi connectivity index (χ4v) is 4.60. The van der Waals surface area contributed by atoms with Gasteiger partial charge in [0.25, 0.3) is 0 Å². The molecule has 1 aromatic rings. The van der Waals surface area contributed by atoms with E-state index in [0.29, 0.717) is 45.4 Å². The number of aromatic nitrogens is 2. The Morgan fingerprint density at radius 2 is 1.93 bits per heavy atom. The van der Waals surface area contributed by atoms with Crippen molar-refractivity contribution in [1.29, 1.82) is 0 Å². The van der Waals surface area contributed by atoms with Crippen molar-refractivity contribution in [3.8, 4) is 0 Å². The van der Waals surface area contributed by atoms with Crippen molar-refractivity contribution in [3.05, 3.63) is 18.2 Å². The lowest BCUT2D eigenvalue weighted by Gasteiger charge is -2.43. The molecule has 4 heterocycles. The van der Waals surface area contributed by atoms with Gasteiger partial charge in [0, 0.05) is 38.4 Å². The van der Waals surface area contributed by atoms with Gasteiger partial charge in [0.05, 0.1) is 18.5 Å². The van der Waals surface area contributed by atoms with E-state index in [1.54, 1.807) is 9.80 Å². The molecule has 3 aliphatic rings. The number of imidazole rings is 1. The number of morpholine rings is 1. The lowest BCUT2D eigenvalue weighted by molar-refractivity contribution is -0.141. The third-order valence-electron chi connectivity index (χ3n) is 6.45. The maximum absolute atomic E-state index is 12.9. The first kappa shape index (κ1) is 21.0. The van der Waals surface area contributed by atoms with Crippen LogP contribution in [0.1, 0.15) is 37.9 Å². The van der Waals surface area contributed by atoms with Crippen LogP contribution in [-0.4, -0.2) is 76.2 Å². The van der Waals surface area contributed by atoms with E-state index in [4.69, 9.17) is 4.74 Å². The zero-order valence-electron chi connectivity index (χ0n) is 16.8. The number of carbonyl (C=O) groups is 2. The number of ether oxygens (including phenoxy) is 1. The number of hydrogen-bond acceptors (Lipinski definition) is 4. The van der Waals surface area contributed by atoms with Gasteiger partial charge in [-0.25, -0.2) is 9.78 Å². The number of amides is 3. The Hall–Kier alpha value is -2.30. The summed E-state index contributed by atoms with van der Waals surface area (Å²) < 4.78 is 45.4. The summed E-state index contributed by atoms with van der Waals surface area (Å²) in [6, 6.07) is -0.358. The third-order valence-corrected chi connectivity index (χ3v) is 6.45. The van der Waals surface area contributed by atoms with Crippen LogP contribution < -0.4 is 5.32 Å². The minimum absolute atomic E-state index is 0.0462. The molecule has 3 fully saturated rings. The molecule has 0 saturated carbocycles. The second-order valence-corrected chi connectivity index (χ2v) is 8.31. The number of likely N-dealkylation sites (tertiary alicyclic amines) is 2. The molecule has 11 heteroatoms. The lowest BCUT2D eigenvalue weighted by atomic mass is 9.90. The number of carbonyl (C=O) groups excluding carboxylic acids is 2. The Morgan fingerprint density at radius 3 is 2.60 bits per heavy atom. The predicted octanol–water partition coefficient (Wildman–Crippen LogP) is 1.88. The van der Waals surface area contributed by atoms with Crippen LogP contribution in [0, 0.1) is 5.92 Å². The third kappa shape index (κ3) is 4.26. The number of nitrogens with zero attached hydrogens (tertiary/aromatic N) is 4. The average Bonchev–Trinajstić information content (AvgIpc) is 3.23. The van der Waals surface area contributed by atoms with Gasteiger partial charge < -0.3 is 24.4 Å². The Kier molecular flexibility index (Phi) is 5.65. The highest BCUT2D eigenvalue weighted by Gasteiger charge is 2.39. The second-order valence-electron chi connectivity index (χ2n) is 8.31. The van der Waals surface area contributed by atoms with E-state index in [9.17, 15) is 22.8 Å². The van der Waals surface area contributed by atoms with Crippen molar-refractivity contribution in [1.82, 2.24) is 24.7 Å². The minimum Gasteiger partial charge on any atom is -0.366 e. The van der Waals surface area contributed by atoms with Crippen molar-refractivity contribution in [2.75, 3.05) is 32.8 Å². The highest BCUT2D eigenvalue weighted by molar-refractivity contribution is 5.79. The van der Waals surface area contributed by atoms with Crippen molar-refractivity contribution in [2.24, 2.45) is 5.92 Å². The number of urea groups is 1. The smallest absolute Gasteiger partial charge is 0.366 e. The van der Waals surface area contributed by atoms with E-state index in [0.717, 1.165) is 6.20 Å². The maximum atomic E-state index is 12.9. The summed E-state index contributed by atoms with van der Waals surface area (Å²) in [5.41, 5.74) is -0.885. The van der Waals surface area contributed by atoms with E-state index in [2.05, 4.69) is 10.3 Å². The average molecular weight is 429 g/mol. The zero-order chi connectivity index (χ0) is 21.5. The molecule has 0 bridgehead atoms. The molecule has 1 N–H and O–H groups in total. The molecule has 3 aliphatic heterocycles. The largest absolute Gasteiger partial charge is 0.434 e. The SMILES string of the molecule is CC(C1CCN(C(=O)N2CCC3OCC(=O)NC3C2)CC1)n1cnc(C(F)(F)F)c1. The summed E-state index contributed by atoms with van der Waals surface area (Å²) >= 11 is 0. The first-order chi connectivity index (χ1) is 14.2. The van der Waals surface area contributed by atoms with Crippen LogP contribution >= 0.6 is 0 Å². The molecule has 30 heavy (non-hydrogen) atoms. The van der Waals surface area contributed by atoms with Crippen molar-refractivity contribution in [2.45, 2.75) is 50.6 Å². The van der Waals surface area contributed by atoms with Crippen LogP contribution in [0.4, 0.5) is 18.0 Å². The van der Waals surface area contributed by atoms with Crippen LogP contribution in [0.25, 0.3) is 0 Å². The molecule has 3 saturated heterocycles. The van der Waals surface area contributed by atoms with Crippen LogP contribution in [0.15, 0.2) is 12.5 Å². The number of piperidine rings is 2. The summed E-state index contributed by atoms with van der Waals surface area (Å²) in [6.07, 6.45) is -0.0975. The van der Waals surface area contributed by atoms with Crippen LogP contribution in [0.5, 0.6) is 0 Å². The zero-order valence-corrected chi connectivity index (χ0v) is 16.8. The molecule has 166 valence electrons. The monoisotopic (exact) mass is 429 g/mol.